The van der Waals surface area contributed by atoms with Crippen molar-refractivity contribution in [3.63, 3.8) is 0 Å². The Labute approximate surface area is 137 Å². The molecule has 0 fully saturated rings. The summed E-state index contributed by atoms with van der Waals surface area (Å²) in [7, 11) is 1.67. The summed E-state index contributed by atoms with van der Waals surface area (Å²) >= 11 is 1.57. The fraction of sp³-hybridized carbons (Fsp3) is 0.118. The van der Waals surface area contributed by atoms with E-state index in [-0.39, 0.29) is 0 Å². The van der Waals surface area contributed by atoms with Gasteiger partial charge in [0.25, 0.3) is 0 Å². The highest BCUT2D eigenvalue weighted by molar-refractivity contribution is 7.98. The standard InChI is InChI=1S/C17H14N4OS/c1-22-12-8-6-11(7-9-12)10-23-17-19-16-15(20-21-17)13-4-2-3-5-14(13)18-16/h2-9H,10H2,1H3,(H,18,19,21). The van der Waals surface area contributed by atoms with Gasteiger partial charge in [-0.3, -0.25) is 0 Å². The number of para-hydroxylation sites is 1. The molecule has 0 radical (unpaired) electrons. The van der Waals surface area contributed by atoms with E-state index >= 15 is 0 Å². The molecule has 0 aliphatic carbocycles. The van der Waals surface area contributed by atoms with Crippen LogP contribution in [0.1, 0.15) is 5.56 Å². The van der Waals surface area contributed by atoms with Crippen LogP contribution in [0.3, 0.4) is 0 Å². The molecule has 0 spiro atoms. The zero-order valence-electron chi connectivity index (χ0n) is 12.5. The van der Waals surface area contributed by atoms with Crippen LogP contribution < -0.4 is 4.74 Å². The summed E-state index contributed by atoms with van der Waals surface area (Å²) < 4.78 is 5.16. The number of thioether (sulfide) groups is 1. The Morgan fingerprint density at radius 3 is 2.70 bits per heavy atom. The number of hydrogen-bond donors (Lipinski definition) is 1. The Kier molecular flexibility index (Phi) is 3.59. The average molecular weight is 322 g/mol. The molecule has 23 heavy (non-hydrogen) atoms. The first-order valence-corrected chi connectivity index (χ1v) is 8.19. The first kappa shape index (κ1) is 14.0. The van der Waals surface area contributed by atoms with Gasteiger partial charge in [0.1, 0.15) is 11.3 Å². The molecule has 0 aliphatic rings. The number of nitrogens with zero attached hydrogens (tertiary/aromatic N) is 3. The number of rotatable bonds is 4. The van der Waals surface area contributed by atoms with Gasteiger partial charge in [0, 0.05) is 16.7 Å². The Balaban J connectivity index is 1.57. The highest BCUT2D eigenvalue weighted by atomic mass is 32.2. The van der Waals surface area contributed by atoms with Crippen molar-refractivity contribution in [1.29, 1.82) is 0 Å². The summed E-state index contributed by atoms with van der Waals surface area (Å²) in [5.41, 5.74) is 3.81. The van der Waals surface area contributed by atoms with Gasteiger partial charge in [-0.15, -0.1) is 10.2 Å². The molecule has 2 aromatic carbocycles. The van der Waals surface area contributed by atoms with E-state index in [2.05, 4.69) is 20.2 Å². The molecular weight excluding hydrogens is 308 g/mol. The molecule has 0 bridgehead atoms. The molecule has 0 aliphatic heterocycles. The number of ether oxygens (including phenoxy) is 1. The zero-order valence-corrected chi connectivity index (χ0v) is 13.3. The number of hydrogen-bond acceptors (Lipinski definition) is 5. The topological polar surface area (TPSA) is 63.7 Å². The van der Waals surface area contributed by atoms with Crippen molar-refractivity contribution in [2.45, 2.75) is 10.9 Å². The Morgan fingerprint density at radius 1 is 1.04 bits per heavy atom. The third-order valence-electron chi connectivity index (χ3n) is 3.63. The summed E-state index contributed by atoms with van der Waals surface area (Å²) in [5.74, 6) is 1.65. The van der Waals surface area contributed by atoms with Crippen molar-refractivity contribution in [1.82, 2.24) is 20.2 Å². The summed E-state index contributed by atoms with van der Waals surface area (Å²) in [5, 5.41) is 10.3. The fourth-order valence-corrected chi connectivity index (χ4v) is 3.18. The maximum atomic E-state index is 5.16. The van der Waals surface area contributed by atoms with Gasteiger partial charge < -0.3 is 9.72 Å². The van der Waals surface area contributed by atoms with Crippen LogP contribution in [0.25, 0.3) is 22.1 Å². The van der Waals surface area contributed by atoms with Crippen molar-refractivity contribution in [3.8, 4) is 5.75 Å². The van der Waals surface area contributed by atoms with Gasteiger partial charge in [-0.25, -0.2) is 4.98 Å². The second-order valence-corrected chi connectivity index (χ2v) is 6.04. The Hall–Kier alpha value is -2.60. The molecule has 0 amide bonds. The minimum Gasteiger partial charge on any atom is -0.497 e. The number of fused-ring (bicyclic) bond motifs is 3. The van der Waals surface area contributed by atoms with Gasteiger partial charge in [-0.2, -0.15) is 0 Å². The highest BCUT2D eigenvalue weighted by Crippen LogP contribution is 2.25. The number of aromatic amines is 1. The third-order valence-corrected chi connectivity index (χ3v) is 4.54. The SMILES string of the molecule is COc1ccc(CSc2nnc3c(n2)[nH]c2ccccc23)cc1. The molecule has 4 aromatic rings. The molecule has 2 heterocycles. The summed E-state index contributed by atoms with van der Waals surface area (Å²) in [6, 6.07) is 16.0. The lowest BCUT2D eigenvalue weighted by molar-refractivity contribution is 0.414. The second-order valence-electron chi connectivity index (χ2n) is 5.10. The van der Waals surface area contributed by atoms with Gasteiger partial charge in [0.2, 0.25) is 5.16 Å². The minimum absolute atomic E-state index is 0.667. The molecule has 0 saturated heterocycles. The van der Waals surface area contributed by atoms with Crippen LogP contribution in [0.5, 0.6) is 5.75 Å². The quantitative estimate of drug-likeness (QED) is 0.579. The number of aromatic nitrogens is 4. The van der Waals surface area contributed by atoms with E-state index in [4.69, 9.17) is 4.74 Å². The maximum Gasteiger partial charge on any atom is 0.211 e. The average Bonchev–Trinajstić information content (AvgIpc) is 2.98. The molecule has 4 rings (SSSR count). The van der Waals surface area contributed by atoms with E-state index in [0.717, 1.165) is 33.6 Å². The van der Waals surface area contributed by atoms with Gasteiger partial charge in [-0.1, -0.05) is 42.1 Å². The van der Waals surface area contributed by atoms with Crippen LogP contribution in [0.15, 0.2) is 53.7 Å². The van der Waals surface area contributed by atoms with Gasteiger partial charge >= 0.3 is 0 Å². The maximum absolute atomic E-state index is 5.16. The third kappa shape index (κ3) is 2.73. The predicted molar refractivity (Wildman–Crippen MR) is 91.7 cm³/mol. The van der Waals surface area contributed by atoms with Crippen molar-refractivity contribution in [2.75, 3.05) is 7.11 Å². The summed E-state index contributed by atoms with van der Waals surface area (Å²) in [4.78, 5) is 7.86. The molecule has 114 valence electrons. The number of methoxy groups -OCH3 is 1. The summed E-state index contributed by atoms with van der Waals surface area (Å²) in [6.45, 7) is 0. The molecule has 1 N–H and O–H groups in total. The van der Waals surface area contributed by atoms with Crippen LogP contribution in [-0.4, -0.2) is 27.3 Å². The van der Waals surface area contributed by atoms with Crippen molar-refractivity contribution in [3.05, 3.63) is 54.1 Å². The van der Waals surface area contributed by atoms with Crippen LogP contribution in [0.4, 0.5) is 0 Å². The van der Waals surface area contributed by atoms with Gasteiger partial charge in [0.05, 0.1) is 7.11 Å². The molecular formula is C17H14N4OS. The highest BCUT2D eigenvalue weighted by Gasteiger charge is 2.09. The van der Waals surface area contributed by atoms with Crippen LogP contribution in [0.2, 0.25) is 0 Å². The Morgan fingerprint density at radius 2 is 1.87 bits per heavy atom. The fourth-order valence-electron chi connectivity index (χ4n) is 2.44. The molecule has 0 atom stereocenters. The monoisotopic (exact) mass is 322 g/mol. The molecule has 6 heteroatoms. The Bertz CT molecular complexity index is 965. The van der Waals surface area contributed by atoms with E-state index < -0.39 is 0 Å². The zero-order chi connectivity index (χ0) is 15.6. The van der Waals surface area contributed by atoms with Crippen molar-refractivity contribution >= 4 is 33.8 Å². The number of benzene rings is 2. The van der Waals surface area contributed by atoms with E-state index in [0.29, 0.717) is 5.16 Å². The number of H-pyrrole nitrogens is 1. The number of nitrogens with one attached hydrogen (secondary N) is 1. The first-order chi connectivity index (χ1) is 11.3. The van der Waals surface area contributed by atoms with E-state index in [1.165, 1.54) is 5.56 Å². The van der Waals surface area contributed by atoms with Gasteiger partial charge in [-0.05, 0) is 23.8 Å². The molecule has 2 aromatic heterocycles. The van der Waals surface area contributed by atoms with E-state index in [9.17, 15) is 0 Å². The van der Waals surface area contributed by atoms with E-state index in [1.54, 1.807) is 18.9 Å². The predicted octanol–water partition coefficient (Wildman–Crippen LogP) is 3.81. The van der Waals surface area contributed by atoms with Crippen molar-refractivity contribution < 1.29 is 4.74 Å². The largest absolute Gasteiger partial charge is 0.497 e. The minimum atomic E-state index is 0.667. The molecule has 0 unspecified atom stereocenters. The smallest absolute Gasteiger partial charge is 0.211 e. The second kappa shape index (κ2) is 5.89. The summed E-state index contributed by atoms with van der Waals surface area (Å²) in [6.07, 6.45) is 0. The van der Waals surface area contributed by atoms with Crippen molar-refractivity contribution in [2.24, 2.45) is 0 Å². The lowest BCUT2D eigenvalue weighted by Gasteiger charge is -2.02. The van der Waals surface area contributed by atoms with E-state index in [1.807, 2.05) is 48.5 Å². The lowest BCUT2D eigenvalue weighted by atomic mass is 10.2. The van der Waals surface area contributed by atoms with Crippen LogP contribution >= 0.6 is 11.8 Å². The normalized spacial score (nSPS) is 11.2. The molecule has 0 saturated carbocycles. The van der Waals surface area contributed by atoms with Gasteiger partial charge in [0.15, 0.2) is 5.65 Å². The van der Waals surface area contributed by atoms with Crippen LogP contribution in [-0.2, 0) is 5.75 Å². The molecule has 5 nitrogen and oxygen atoms in total. The lowest BCUT2D eigenvalue weighted by Crippen LogP contribution is -1.92. The first-order valence-electron chi connectivity index (χ1n) is 7.20. The van der Waals surface area contributed by atoms with Crippen LogP contribution in [0, 0.1) is 0 Å².